The van der Waals surface area contributed by atoms with Gasteiger partial charge in [-0.3, -0.25) is 5.84 Å². The molecular weight excluding hydrogens is 338 g/mol. The van der Waals surface area contributed by atoms with Crippen LogP contribution in [0.4, 0.5) is 8.78 Å². The van der Waals surface area contributed by atoms with E-state index in [4.69, 9.17) is 17.4 Å². The Morgan fingerprint density at radius 1 is 1.11 bits per heavy atom. The van der Waals surface area contributed by atoms with Crippen LogP contribution in [0.5, 0.6) is 0 Å². The second kappa shape index (κ2) is 5.96. The zero-order chi connectivity index (χ0) is 14.0. The van der Waals surface area contributed by atoms with Gasteiger partial charge in [0.25, 0.3) is 0 Å². The van der Waals surface area contributed by atoms with E-state index in [0.717, 1.165) is 0 Å². The summed E-state index contributed by atoms with van der Waals surface area (Å²) < 4.78 is 27.9. The summed E-state index contributed by atoms with van der Waals surface area (Å²) in [6.45, 7) is 0. The van der Waals surface area contributed by atoms with Crippen LogP contribution in [0, 0.1) is 11.6 Å². The Kier molecular flexibility index (Phi) is 4.52. The van der Waals surface area contributed by atoms with E-state index < -0.39 is 17.7 Å². The molecule has 3 N–H and O–H groups in total. The van der Waals surface area contributed by atoms with E-state index in [0.29, 0.717) is 15.6 Å². The first-order valence-corrected chi connectivity index (χ1v) is 6.56. The quantitative estimate of drug-likeness (QED) is 0.652. The Hall–Kier alpha value is -1.01. The number of hydrazine groups is 1. The van der Waals surface area contributed by atoms with Crippen molar-refractivity contribution < 1.29 is 8.78 Å². The predicted molar refractivity (Wildman–Crippen MR) is 74.7 cm³/mol. The van der Waals surface area contributed by atoms with Crippen molar-refractivity contribution >= 4 is 27.5 Å². The third-order valence-corrected chi connectivity index (χ3v) is 3.67. The van der Waals surface area contributed by atoms with Crippen molar-refractivity contribution in [1.82, 2.24) is 5.43 Å². The topological polar surface area (TPSA) is 38.0 Å². The van der Waals surface area contributed by atoms with E-state index >= 15 is 0 Å². The molecule has 0 fully saturated rings. The summed E-state index contributed by atoms with van der Waals surface area (Å²) in [6.07, 6.45) is 0. The molecule has 0 saturated heterocycles. The Labute approximate surface area is 122 Å². The van der Waals surface area contributed by atoms with Crippen LogP contribution in [0.1, 0.15) is 17.2 Å². The lowest BCUT2D eigenvalue weighted by Crippen LogP contribution is -2.29. The first kappa shape index (κ1) is 14.4. The van der Waals surface area contributed by atoms with Crippen molar-refractivity contribution in [3.63, 3.8) is 0 Å². The molecule has 0 aliphatic rings. The molecule has 0 aliphatic heterocycles. The van der Waals surface area contributed by atoms with Gasteiger partial charge in [-0.05, 0) is 35.9 Å². The summed E-state index contributed by atoms with van der Waals surface area (Å²) in [5.74, 6) is 4.54. The first-order valence-electron chi connectivity index (χ1n) is 5.39. The molecule has 2 rings (SSSR count). The SMILES string of the molecule is NNC(c1ccc(Cl)cc1F)c1cc(F)ccc1Br. The van der Waals surface area contributed by atoms with Gasteiger partial charge in [-0.1, -0.05) is 33.6 Å². The third kappa shape index (κ3) is 3.12. The zero-order valence-electron chi connectivity index (χ0n) is 9.63. The molecule has 0 aromatic heterocycles. The second-order valence-corrected chi connectivity index (χ2v) is 5.22. The summed E-state index contributed by atoms with van der Waals surface area (Å²) in [4.78, 5) is 0. The molecule has 0 bridgehead atoms. The van der Waals surface area contributed by atoms with Gasteiger partial charge in [-0.2, -0.15) is 0 Å². The fraction of sp³-hybridized carbons (Fsp3) is 0.0769. The maximum Gasteiger partial charge on any atom is 0.129 e. The second-order valence-electron chi connectivity index (χ2n) is 3.93. The van der Waals surface area contributed by atoms with E-state index in [9.17, 15) is 8.78 Å². The lowest BCUT2D eigenvalue weighted by Gasteiger charge is -2.19. The number of nitrogens with one attached hydrogen (secondary N) is 1. The molecule has 100 valence electrons. The minimum absolute atomic E-state index is 0.287. The number of hydrogen-bond acceptors (Lipinski definition) is 2. The maximum absolute atomic E-state index is 13.9. The van der Waals surface area contributed by atoms with Crippen LogP contribution >= 0.6 is 27.5 Å². The Bertz CT molecular complexity index is 607. The van der Waals surface area contributed by atoms with Gasteiger partial charge in [0, 0.05) is 15.1 Å². The van der Waals surface area contributed by atoms with Crippen molar-refractivity contribution in [2.24, 2.45) is 5.84 Å². The van der Waals surface area contributed by atoms with Crippen LogP contribution in [-0.2, 0) is 0 Å². The van der Waals surface area contributed by atoms with Crippen molar-refractivity contribution in [2.45, 2.75) is 6.04 Å². The molecule has 2 aromatic carbocycles. The van der Waals surface area contributed by atoms with Gasteiger partial charge < -0.3 is 0 Å². The molecule has 0 radical (unpaired) electrons. The number of halogens is 4. The maximum atomic E-state index is 13.9. The standard InChI is InChI=1S/C13H10BrClF2N2/c14-11-4-2-8(16)6-10(11)13(19-18)9-3-1-7(15)5-12(9)17/h1-6,13,19H,18H2. The van der Waals surface area contributed by atoms with Crippen molar-refractivity contribution in [2.75, 3.05) is 0 Å². The first-order chi connectivity index (χ1) is 9.02. The summed E-state index contributed by atoms with van der Waals surface area (Å²) >= 11 is 9.00. The fourth-order valence-corrected chi connectivity index (χ4v) is 2.45. The molecule has 0 saturated carbocycles. The molecule has 19 heavy (non-hydrogen) atoms. The molecule has 0 amide bonds. The highest BCUT2D eigenvalue weighted by Crippen LogP contribution is 2.31. The van der Waals surface area contributed by atoms with Crippen LogP contribution in [-0.4, -0.2) is 0 Å². The van der Waals surface area contributed by atoms with E-state index in [1.807, 2.05) is 0 Å². The van der Waals surface area contributed by atoms with Crippen LogP contribution in [0.25, 0.3) is 0 Å². The highest BCUT2D eigenvalue weighted by molar-refractivity contribution is 9.10. The Balaban J connectivity index is 2.52. The van der Waals surface area contributed by atoms with Crippen molar-refractivity contribution in [1.29, 1.82) is 0 Å². The van der Waals surface area contributed by atoms with Gasteiger partial charge >= 0.3 is 0 Å². The molecule has 0 heterocycles. The van der Waals surface area contributed by atoms with E-state index in [1.54, 1.807) is 12.1 Å². The van der Waals surface area contributed by atoms with E-state index in [2.05, 4.69) is 21.4 Å². The van der Waals surface area contributed by atoms with Crippen LogP contribution in [0.3, 0.4) is 0 Å². The zero-order valence-corrected chi connectivity index (χ0v) is 12.0. The largest absolute Gasteiger partial charge is 0.271 e. The normalized spacial score (nSPS) is 12.5. The highest BCUT2D eigenvalue weighted by Gasteiger charge is 2.19. The van der Waals surface area contributed by atoms with E-state index in [-0.39, 0.29) is 5.02 Å². The number of rotatable bonds is 3. The van der Waals surface area contributed by atoms with Crippen LogP contribution < -0.4 is 11.3 Å². The Morgan fingerprint density at radius 2 is 1.84 bits per heavy atom. The summed E-state index contributed by atoms with van der Waals surface area (Å²) in [6, 6.07) is 7.72. The molecule has 2 nitrogen and oxygen atoms in total. The monoisotopic (exact) mass is 346 g/mol. The van der Waals surface area contributed by atoms with Gasteiger partial charge in [0.2, 0.25) is 0 Å². The van der Waals surface area contributed by atoms with Gasteiger partial charge in [0.1, 0.15) is 11.6 Å². The molecule has 0 aliphatic carbocycles. The molecule has 2 aromatic rings. The minimum atomic E-state index is -0.678. The number of nitrogens with two attached hydrogens (primary N) is 1. The molecule has 6 heteroatoms. The van der Waals surface area contributed by atoms with Gasteiger partial charge in [0.05, 0.1) is 6.04 Å². The lowest BCUT2D eigenvalue weighted by molar-refractivity contribution is 0.554. The summed E-state index contributed by atoms with van der Waals surface area (Å²) in [5, 5.41) is 0.287. The Morgan fingerprint density at radius 3 is 2.47 bits per heavy atom. The molecular formula is C13H10BrClF2N2. The van der Waals surface area contributed by atoms with Gasteiger partial charge in [0.15, 0.2) is 0 Å². The summed E-state index contributed by atoms with van der Waals surface area (Å²) in [5.41, 5.74) is 3.28. The fourth-order valence-electron chi connectivity index (χ4n) is 1.82. The van der Waals surface area contributed by atoms with Crippen LogP contribution in [0.2, 0.25) is 5.02 Å². The average molecular weight is 348 g/mol. The highest BCUT2D eigenvalue weighted by atomic mass is 79.9. The number of benzene rings is 2. The van der Waals surface area contributed by atoms with Crippen molar-refractivity contribution in [3.05, 3.63) is 68.7 Å². The molecule has 1 unspecified atom stereocenters. The predicted octanol–water partition coefficient (Wildman–Crippen LogP) is 3.93. The van der Waals surface area contributed by atoms with Gasteiger partial charge in [-0.25, -0.2) is 14.2 Å². The van der Waals surface area contributed by atoms with Crippen molar-refractivity contribution in [3.8, 4) is 0 Å². The number of hydrogen-bond donors (Lipinski definition) is 2. The smallest absolute Gasteiger partial charge is 0.129 e. The average Bonchev–Trinajstić information content (AvgIpc) is 2.36. The molecule has 0 spiro atoms. The lowest BCUT2D eigenvalue weighted by atomic mass is 9.99. The van der Waals surface area contributed by atoms with E-state index in [1.165, 1.54) is 24.3 Å². The minimum Gasteiger partial charge on any atom is -0.271 e. The third-order valence-electron chi connectivity index (χ3n) is 2.71. The van der Waals surface area contributed by atoms with Crippen LogP contribution in [0.15, 0.2) is 40.9 Å². The van der Waals surface area contributed by atoms with Gasteiger partial charge in [-0.15, -0.1) is 0 Å². The summed E-state index contributed by atoms with van der Waals surface area (Å²) in [7, 11) is 0. The molecule has 1 atom stereocenters.